The van der Waals surface area contributed by atoms with Gasteiger partial charge in [0, 0.05) is 121 Å². The summed E-state index contributed by atoms with van der Waals surface area (Å²) < 4.78 is 1.46. The summed E-state index contributed by atoms with van der Waals surface area (Å²) in [5.41, 5.74) is 9.05. The Morgan fingerprint density at radius 1 is 0.797 bits per heavy atom. The molecule has 0 radical (unpaired) electrons. The molecule has 1 atom stereocenters. The fourth-order valence-corrected chi connectivity index (χ4v) is 12.1. The number of nitriles is 1. The Morgan fingerprint density at radius 3 is 2.28 bits per heavy atom. The number of piperidine rings is 2. The molecule has 15 nitrogen and oxygen atoms in total. The van der Waals surface area contributed by atoms with E-state index in [1.807, 2.05) is 42.1 Å². The second-order valence-electron chi connectivity index (χ2n) is 20.7. The second-order valence-corrected chi connectivity index (χ2v) is 20.7. The number of carbonyl (C=O) groups excluding carboxylic acids is 6. The number of rotatable bonds is 17. The van der Waals surface area contributed by atoms with E-state index < -0.39 is 6.04 Å². The maximum atomic E-state index is 12.7. The van der Waals surface area contributed by atoms with Crippen LogP contribution in [0.25, 0.3) is 27.2 Å². The molecular formula is C59H65N9O6. The summed E-state index contributed by atoms with van der Waals surface area (Å²) in [7, 11) is 0. The number of amides is 1. The fraction of sp³-hybridized carbons (Fsp3) is 0.458. The Labute approximate surface area is 431 Å². The first-order chi connectivity index (χ1) is 36.1. The van der Waals surface area contributed by atoms with Gasteiger partial charge in [-0.15, -0.1) is 0 Å². The van der Waals surface area contributed by atoms with Crippen molar-refractivity contribution in [3.63, 3.8) is 0 Å². The van der Waals surface area contributed by atoms with Crippen LogP contribution in [0.5, 0.6) is 0 Å². The van der Waals surface area contributed by atoms with Crippen LogP contribution in [-0.4, -0.2) is 120 Å². The molecule has 4 N–H and O–H groups in total. The number of allylic oxidation sites excluding steroid dienone is 2. The van der Waals surface area contributed by atoms with E-state index in [1.54, 1.807) is 18.1 Å². The van der Waals surface area contributed by atoms with Gasteiger partial charge in [-0.1, -0.05) is 45.4 Å². The molecule has 1 unspecified atom stereocenters. The molecule has 9 rings (SSSR count). The smallest absolute Gasteiger partial charge is 0.219 e. The number of piperazine rings is 1. The molecule has 1 amide bonds. The highest BCUT2D eigenvalue weighted by Gasteiger charge is 2.40. The molecule has 74 heavy (non-hydrogen) atoms. The number of aromatic amines is 1. The third kappa shape index (κ3) is 10.1. The maximum Gasteiger partial charge on any atom is 0.219 e. The van der Waals surface area contributed by atoms with Gasteiger partial charge in [-0.2, -0.15) is 5.26 Å². The van der Waals surface area contributed by atoms with Gasteiger partial charge in [-0.3, -0.25) is 9.69 Å². The Morgan fingerprint density at radius 2 is 1.57 bits per heavy atom. The zero-order valence-corrected chi connectivity index (χ0v) is 42.8. The van der Waals surface area contributed by atoms with Gasteiger partial charge in [-0.05, 0) is 111 Å². The molecular weight excluding hydrogens is 931 g/mol. The Kier molecular flexibility index (Phi) is 15.8. The standard InChI is InChI=1S/C59H65N9O6/c1-4-40-31-45-46(35-70)56-43-17-15-39(33-60)30-49(43)64-58(56)59(2,3)47(45)32-52(40)67-24-19-42(20-25-67)66-28-26-65(27-29-66)23-10-5-7-14-55(74)62-22-9-6-8-21-61-48-13-11-12-44-53(37-72)68(54(38-73)57(44)48)51-18-16-41(34-69)63-50(51)36-71/h11-13,15,17,30-32,42,51,61,63-64H,4-10,14,16,18-29H2,1-3H3,(H,62,74). The van der Waals surface area contributed by atoms with Crippen LogP contribution in [0.1, 0.15) is 131 Å². The van der Waals surface area contributed by atoms with Gasteiger partial charge >= 0.3 is 0 Å². The lowest BCUT2D eigenvalue weighted by molar-refractivity contribution is -0.121. The molecule has 3 aliphatic heterocycles. The van der Waals surface area contributed by atoms with Gasteiger partial charge in [0.2, 0.25) is 5.91 Å². The van der Waals surface area contributed by atoms with Crippen molar-refractivity contribution in [1.29, 1.82) is 5.26 Å². The first-order valence-corrected chi connectivity index (χ1v) is 26.5. The van der Waals surface area contributed by atoms with E-state index in [-0.39, 0.29) is 39.8 Å². The van der Waals surface area contributed by atoms with E-state index in [2.05, 4.69) is 80.5 Å². The average Bonchev–Trinajstić information content (AvgIpc) is 4.00. The van der Waals surface area contributed by atoms with Crippen LogP contribution in [-0.2, 0) is 40.6 Å². The highest BCUT2D eigenvalue weighted by atomic mass is 16.1. The Balaban J connectivity index is 0.666. The van der Waals surface area contributed by atoms with E-state index in [0.717, 1.165) is 137 Å². The van der Waals surface area contributed by atoms with Gasteiger partial charge in [0.15, 0.2) is 11.9 Å². The third-order valence-electron chi connectivity index (χ3n) is 16.1. The van der Waals surface area contributed by atoms with E-state index in [1.165, 1.54) is 15.8 Å². The molecule has 3 aromatic carbocycles. The second kappa shape index (κ2) is 22.7. The predicted molar refractivity (Wildman–Crippen MR) is 287 cm³/mol. The number of nitrogens with zero attached hydrogens (tertiary/aromatic N) is 5. The molecule has 5 heterocycles. The number of unbranched alkanes of at least 4 members (excludes halogenated alkanes) is 4. The highest BCUT2D eigenvalue weighted by Crippen LogP contribution is 2.50. The summed E-state index contributed by atoms with van der Waals surface area (Å²) in [6.07, 6.45) is 9.71. The fourth-order valence-electron chi connectivity index (χ4n) is 12.1. The van der Waals surface area contributed by atoms with E-state index in [0.29, 0.717) is 59.6 Å². The number of aromatic nitrogens is 2. The summed E-state index contributed by atoms with van der Waals surface area (Å²) >= 11 is 0. The van der Waals surface area contributed by atoms with Crippen molar-refractivity contribution >= 4 is 74.2 Å². The Hall–Kier alpha value is -7.47. The summed E-state index contributed by atoms with van der Waals surface area (Å²) in [5, 5.41) is 21.0. The minimum atomic E-state index is -0.721. The molecule has 0 saturated carbocycles. The van der Waals surface area contributed by atoms with Crippen LogP contribution in [0.3, 0.4) is 0 Å². The lowest BCUT2D eigenvalue weighted by Gasteiger charge is -2.44. The number of H-pyrrole nitrogens is 1. The maximum absolute atomic E-state index is 12.7. The molecule has 3 saturated heterocycles. The number of aryl methyl sites for hydroxylation is 1. The normalized spacial score (nSPS) is 17.8. The van der Waals surface area contributed by atoms with E-state index >= 15 is 0 Å². The van der Waals surface area contributed by atoms with Gasteiger partial charge < -0.3 is 35.3 Å². The molecule has 4 aliphatic rings. The van der Waals surface area contributed by atoms with Gasteiger partial charge in [0.25, 0.3) is 0 Å². The highest BCUT2D eigenvalue weighted by molar-refractivity contribution is 6.10. The van der Waals surface area contributed by atoms with Crippen molar-refractivity contribution in [1.82, 2.24) is 30.0 Å². The molecule has 0 bridgehead atoms. The molecule has 5 aromatic rings. The van der Waals surface area contributed by atoms with Crippen molar-refractivity contribution in [2.45, 2.75) is 115 Å². The number of carbonyl (C=O) groups is 1. The summed E-state index contributed by atoms with van der Waals surface area (Å²) in [6.45, 7) is 15.2. The zero-order chi connectivity index (χ0) is 51.9. The molecule has 1 aliphatic carbocycles. The van der Waals surface area contributed by atoms with Crippen molar-refractivity contribution in [3.8, 4) is 6.07 Å². The van der Waals surface area contributed by atoms with Crippen molar-refractivity contribution in [2.24, 2.45) is 0 Å². The molecule has 15 heteroatoms. The molecule has 0 spiro atoms. The van der Waals surface area contributed by atoms with Gasteiger partial charge in [-0.25, -0.2) is 24.0 Å². The number of hydrogen-bond acceptors (Lipinski definition) is 12. The van der Waals surface area contributed by atoms with Crippen LogP contribution in [0.4, 0.5) is 11.4 Å². The van der Waals surface area contributed by atoms with Gasteiger partial charge in [0.1, 0.15) is 39.9 Å². The quantitative estimate of drug-likeness (QED) is 0.0690. The summed E-state index contributed by atoms with van der Waals surface area (Å²) in [4.78, 5) is 84.5. The molecule has 382 valence electrons. The number of anilines is 2. The first-order valence-electron chi connectivity index (χ1n) is 26.5. The topological polar surface area (TPSA) is 193 Å². The van der Waals surface area contributed by atoms with Crippen LogP contribution in [0, 0.1) is 11.3 Å². The van der Waals surface area contributed by atoms with E-state index in [9.17, 15) is 34.0 Å². The monoisotopic (exact) mass is 996 g/mol. The zero-order valence-electron chi connectivity index (χ0n) is 42.8. The minimum Gasteiger partial charge on any atom is -0.384 e. The Bertz CT molecular complexity index is 3350. The predicted octanol–water partition coefficient (Wildman–Crippen LogP) is 5.37. The SMILES string of the molecule is CCc1cc2c(cc1N1CCC(N3CCN(CCCCCC(=O)NCCCCCNc4cccc5c(=C=O)n(C6CCC(=C=O)NC6=C=O)c(=C=O)c45)CC3)CC1)C(C)(C)c1[nH]c3cc(C#N)ccc3c1C2=C=O. The largest absolute Gasteiger partial charge is 0.384 e. The lowest BCUT2D eigenvalue weighted by Crippen LogP contribution is -2.53. The van der Waals surface area contributed by atoms with Crippen molar-refractivity contribution in [3.05, 3.63) is 104 Å². The number of benzene rings is 3. The number of hydrogen-bond donors (Lipinski definition) is 4. The van der Waals surface area contributed by atoms with Crippen LogP contribution in [0.2, 0.25) is 0 Å². The average molecular weight is 996 g/mol. The van der Waals surface area contributed by atoms with E-state index in [4.69, 9.17) is 0 Å². The van der Waals surface area contributed by atoms with Crippen molar-refractivity contribution < 1.29 is 28.8 Å². The summed E-state index contributed by atoms with van der Waals surface area (Å²) in [5.74, 6) is 9.94. The van der Waals surface area contributed by atoms with Gasteiger partial charge in [0.05, 0.1) is 23.2 Å². The van der Waals surface area contributed by atoms with Crippen molar-refractivity contribution in [2.75, 3.05) is 69.1 Å². The lowest BCUT2D eigenvalue weighted by atomic mass is 9.69. The van der Waals surface area contributed by atoms with Crippen LogP contribution < -0.4 is 31.5 Å². The van der Waals surface area contributed by atoms with Crippen LogP contribution in [0.15, 0.2) is 59.9 Å². The minimum absolute atomic E-state index is 0.0370. The third-order valence-corrected chi connectivity index (χ3v) is 16.1. The van der Waals surface area contributed by atoms with Crippen LogP contribution >= 0.6 is 0 Å². The number of fused-ring (bicyclic) bond motifs is 5. The number of nitrogens with one attached hydrogen (secondary N) is 4. The summed E-state index contributed by atoms with van der Waals surface area (Å²) in [6, 6.07) is 17.6. The molecule has 2 aromatic heterocycles. The first kappa shape index (κ1) is 51.4. The molecule has 3 fully saturated rings.